The third-order valence-corrected chi connectivity index (χ3v) is 4.04. The van der Waals surface area contributed by atoms with Gasteiger partial charge >= 0.3 is 0 Å². The second-order valence-corrected chi connectivity index (χ2v) is 6.97. The van der Waals surface area contributed by atoms with Crippen LogP contribution in [0.4, 0.5) is 11.6 Å². The molecule has 1 fully saturated rings. The minimum Gasteiger partial charge on any atom is -0.373 e. The Labute approximate surface area is 123 Å². The van der Waals surface area contributed by atoms with Gasteiger partial charge in [-0.25, -0.2) is 9.97 Å². The van der Waals surface area contributed by atoms with Crippen molar-refractivity contribution in [3.8, 4) is 0 Å². The number of aromatic nitrogens is 2. The highest BCUT2D eigenvalue weighted by Crippen LogP contribution is 2.28. The Morgan fingerprint density at radius 1 is 1.25 bits per heavy atom. The Balaban J connectivity index is 2.20. The van der Waals surface area contributed by atoms with E-state index >= 15 is 0 Å². The minimum atomic E-state index is -0.0319. The summed E-state index contributed by atoms with van der Waals surface area (Å²) in [6.45, 7) is 7.57. The van der Waals surface area contributed by atoms with E-state index < -0.39 is 0 Å². The van der Waals surface area contributed by atoms with Crippen LogP contribution in [0.1, 0.15) is 52.3 Å². The van der Waals surface area contributed by atoms with Crippen LogP contribution < -0.4 is 10.2 Å². The van der Waals surface area contributed by atoms with Gasteiger partial charge in [0.05, 0.1) is 0 Å². The number of hydrogen-bond acceptors (Lipinski definition) is 4. The first-order valence-electron chi connectivity index (χ1n) is 7.68. The van der Waals surface area contributed by atoms with Crippen molar-refractivity contribution in [3.63, 3.8) is 0 Å². The molecule has 0 saturated heterocycles. The summed E-state index contributed by atoms with van der Waals surface area (Å²) in [6.07, 6.45) is 5.50. The molecule has 2 rings (SSSR count). The lowest BCUT2D eigenvalue weighted by atomic mass is 9.96. The fourth-order valence-electron chi connectivity index (χ4n) is 2.77. The maximum Gasteiger partial charge on any atom is 0.138 e. The lowest BCUT2D eigenvalue weighted by Crippen LogP contribution is -2.27. The van der Waals surface area contributed by atoms with Crippen LogP contribution in [0.3, 0.4) is 0 Å². The highest BCUT2D eigenvalue weighted by Gasteiger charge is 2.22. The highest BCUT2D eigenvalue weighted by atomic mass is 15.2. The minimum absolute atomic E-state index is 0.0319. The molecule has 1 aliphatic carbocycles. The maximum absolute atomic E-state index is 4.77. The molecule has 0 aliphatic heterocycles. The van der Waals surface area contributed by atoms with E-state index in [1.165, 1.54) is 25.7 Å². The number of nitrogens with one attached hydrogen (secondary N) is 1. The first-order chi connectivity index (χ1) is 9.40. The van der Waals surface area contributed by atoms with E-state index in [0.717, 1.165) is 29.9 Å². The summed E-state index contributed by atoms with van der Waals surface area (Å²) in [5.74, 6) is 3.66. The molecule has 0 atom stereocenters. The van der Waals surface area contributed by atoms with Crippen LogP contribution in [0.2, 0.25) is 0 Å². The van der Waals surface area contributed by atoms with E-state index in [0.29, 0.717) is 0 Å². The number of anilines is 2. The van der Waals surface area contributed by atoms with Crippen molar-refractivity contribution in [1.82, 2.24) is 9.97 Å². The van der Waals surface area contributed by atoms with E-state index in [1.54, 1.807) is 0 Å². The Morgan fingerprint density at radius 3 is 2.45 bits per heavy atom. The molecule has 4 heteroatoms. The fourth-order valence-corrected chi connectivity index (χ4v) is 2.77. The van der Waals surface area contributed by atoms with Crippen LogP contribution in [0, 0.1) is 5.92 Å². The average Bonchev–Trinajstić information content (AvgIpc) is 2.90. The molecular formula is C16H28N4. The van der Waals surface area contributed by atoms with Crippen molar-refractivity contribution in [3.05, 3.63) is 11.9 Å². The van der Waals surface area contributed by atoms with Crippen LogP contribution in [0.25, 0.3) is 0 Å². The summed E-state index contributed by atoms with van der Waals surface area (Å²) in [5, 5.41) is 3.15. The van der Waals surface area contributed by atoms with Crippen molar-refractivity contribution < 1.29 is 0 Å². The van der Waals surface area contributed by atoms with Gasteiger partial charge in [-0.1, -0.05) is 33.6 Å². The van der Waals surface area contributed by atoms with Gasteiger partial charge in [0.15, 0.2) is 0 Å². The molecule has 0 amide bonds. The van der Waals surface area contributed by atoms with Gasteiger partial charge < -0.3 is 10.2 Å². The quantitative estimate of drug-likeness (QED) is 0.914. The summed E-state index contributed by atoms with van der Waals surface area (Å²) in [5.41, 5.74) is -0.0319. The van der Waals surface area contributed by atoms with Crippen molar-refractivity contribution in [1.29, 1.82) is 0 Å². The zero-order valence-corrected chi connectivity index (χ0v) is 13.5. The van der Waals surface area contributed by atoms with Crippen molar-refractivity contribution in [2.45, 2.75) is 51.9 Å². The molecule has 0 bridgehead atoms. The smallest absolute Gasteiger partial charge is 0.138 e. The van der Waals surface area contributed by atoms with Crippen molar-refractivity contribution in [2.24, 2.45) is 5.92 Å². The SMILES string of the molecule is CNc1cc(N(C)CC2CCCC2)nc(C(C)(C)C)n1. The largest absolute Gasteiger partial charge is 0.373 e. The van der Waals surface area contributed by atoms with E-state index in [1.807, 2.05) is 13.1 Å². The van der Waals surface area contributed by atoms with Gasteiger partial charge in [0.1, 0.15) is 17.5 Å². The molecule has 1 aliphatic rings. The van der Waals surface area contributed by atoms with Crippen LogP contribution in [0.15, 0.2) is 6.07 Å². The normalized spacial score (nSPS) is 16.4. The molecule has 0 aromatic carbocycles. The van der Waals surface area contributed by atoms with Crippen LogP contribution >= 0.6 is 0 Å². The molecule has 0 spiro atoms. The lowest BCUT2D eigenvalue weighted by molar-refractivity contribution is 0.532. The standard InChI is InChI=1S/C16H28N4/c1-16(2,3)15-18-13(17-4)10-14(19-15)20(5)11-12-8-6-7-9-12/h10,12H,6-9,11H2,1-5H3,(H,17,18,19). The molecule has 112 valence electrons. The molecule has 1 N–H and O–H groups in total. The Morgan fingerprint density at radius 2 is 1.90 bits per heavy atom. The molecular weight excluding hydrogens is 248 g/mol. The summed E-state index contributed by atoms with van der Waals surface area (Å²) in [7, 11) is 4.06. The highest BCUT2D eigenvalue weighted by molar-refractivity contribution is 5.49. The molecule has 0 radical (unpaired) electrons. The molecule has 4 nitrogen and oxygen atoms in total. The molecule has 1 heterocycles. The van der Waals surface area contributed by atoms with Gasteiger partial charge in [-0.2, -0.15) is 0 Å². The molecule has 0 unspecified atom stereocenters. The van der Waals surface area contributed by atoms with E-state index in [4.69, 9.17) is 4.98 Å². The van der Waals surface area contributed by atoms with Gasteiger partial charge in [-0.15, -0.1) is 0 Å². The van der Waals surface area contributed by atoms with E-state index in [-0.39, 0.29) is 5.41 Å². The topological polar surface area (TPSA) is 41.0 Å². The van der Waals surface area contributed by atoms with Gasteiger partial charge in [0.2, 0.25) is 0 Å². The van der Waals surface area contributed by atoms with Gasteiger partial charge in [-0.05, 0) is 18.8 Å². The molecule has 1 aromatic heterocycles. The van der Waals surface area contributed by atoms with Crippen molar-refractivity contribution >= 4 is 11.6 Å². The predicted octanol–water partition coefficient (Wildman–Crippen LogP) is 3.44. The first-order valence-corrected chi connectivity index (χ1v) is 7.68. The Kier molecular flexibility index (Phi) is 4.51. The number of hydrogen-bond donors (Lipinski definition) is 1. The number of rotatable bonds is 4. The third kappa shape index (κ3) is 3.62. The Hall–Kier alpha value is -1.32. The Bertz CT molecular complexity index is 444. The third-order valence-electron chi connectivity index (χ3n) is 4.04. The number of nitrogens with zero attached hydrogens (tertiary/aromatic N) is 3. The summed E-state index contributed by atoms with van der Waals surface area (Å²) in [6, 6.07) is 2.05. The average molecular weight is 276 g/mol. The monoisotopic (exact) mass is 276 g/mol. The summed E-state index contributed by atoms with van der Waals surface area (Å²) >= 11 is 0. The molecule has 1 saturated carbocycles. The van der Waals surface area contributed by atoms with Crippen LogP contribution in [-0.2, 0) is 5.41 Å². The molecule has 20 heavy (non-hydrogen) atoms. The first kappa shape index (κ1) is 15.1. The van der Waals surface area contributed by atoms with Crippen LogP contribution in [-0.4, -0.2) is 30.6 Å². The second kappa shape index (κ2) is 5.98. The summed E-state index contributed by atoms with van der Waals surface area (Å²) < 4.78 is 0. The predicted molar refractivity (Wildman–Crippen MR) is 85.5 cm³/mol. The second-order valence-electron chi connectivity index (χ2n) is 6.97. The van der Waals surface area contributed by atoms with Gasteiger partial charge in [0, 0.05) is 32.1 Å². The molecule has 1 aromatic rings. The summed E-state index contributed by atoms with van der Waals surface area (Å²) in [4.78, 5) is 11.6. The van der Waals surface area contributed by atoms with Gasteiger partial charge in [-0.3, -0.25) is 0 Å². The fraction of sp³-hybridized carbons (Fsp3) is 0.750. The zero-order valence-electron chi connectivity index (χ0n) is 13.5. The zero-order chi connectivity index (χ0) is 14.8. The van der Waals surface area contributed by atoms with Gasteiger partial charge in [0.25, 0.3) is 0 Å². The van der Waals surface area contributed by atoms with E-state index in [9.17, 15) is 0 Å². The maximum atomic E-state index is 4.77. The van der Waals surface area contributed by atoms with Crippen molar-refractivity contribution in [2.75, 3.05) is 30.9 Å². The van der Waals surface area contributed by atoms with E-state index in [2.05, 4.69) is 43.0 Å². The lowest BCUT2D eigenvalue weighted by Gasteiger charge is -2.25. The van der Waals surface area contributed by atoms with Crippen LogP contribution in [0.5, 0.6) is 0 Å².